The minimum atomic E-state index is 0.708. The monoisotopic (exact) mass is 522 g/mol. The van der Waals surface area contributed by atoms with E-state index in [0.717, 1.165) is 41.2 Å². The summed E-state index contributed by atoms with van der Waals surface area (Å²) >= 11 is 0. The molecule has 0 amide bonds. The van der Waals surface area contributed by atoms with E-state index in [0.29, 0.717) is 13.2 Å². The van der Waals surface area contributed by atoms with Crippen molar-refractivity contribution in [3.05, 3.63) is 114 Å². The molecule has 0 bridgehead atoms. The topological polar surface area (TPSA) is 39.5 Å². The average molecular weight is 523 g/mol. The van der Waals surface area contributed by atoms with Gasteiger partial charge in [0.25, 0.3) is 5.82 Å². The van der Waals surface area contributed by atoms with Crippen LogP contribution in [-0.2, 0) is 4.74 Å². The van der Waals surface area contributed by atoms with Crippen LogP contribution >= 0.6 is 0 Å². The molecule has 1 saturated heterocycles. The summed E-state index contributed by atoms with van der Waals surface area (Å²) in [6.45, 7) is 7.38. The zero-order chi connectivity index (χ0) is 27.1. The highest BCUT2D eigenvalue weighted by Crippen LogP contribution is 2.43. The second-order valence-electron chi connectivity index (χ2n) is 10.7. The van der Waals surface area contributed by atoms with Crippen LogP contribution in [-0.4, -0.2) is 31.3 Å². The second-order valence-corrected chi connectivity index (χ2v) is 10.7. The first-order valence-corrected chi connectivity index (χ1v) is 14.0. The highest BCUT2D eigenvalue weighted by molar-refractivity contribution is 6.06. The van der Waals surface area contributed by atoms with Gasteiger partial charge in [0.05, 0.1) is 30.0 Å². The van der Waals surface area contributed by atoms with Gasteiger partial charge >= 0.3 is 0 Å². The van der Waals surface area contributed by atoms with Gasteiger partial charge in [0.2, 0.25) is 0 Å². The number of benzene rings is 4. The number of rotatable bonds is 4. The number of ether oxygens (including phenoxy) is 1. The Hall–Kier alpha value is -4.54. The molecule has 0 radical (unpaired) electrons. The SMILES string of the molecule is Cc1ccc2nc(-c3c(N4CCOCC4)[nH+]c4ccc(C)cc4c3-c3ccccc3)cc(-c3ccccc3)c2c1. The van der Waals surface area contributed by atoms with E-state index in [1.165, 1.54) is 44.2 Å². The quantitative estimate of drug-likeness (QED) is 0.239. The molecule has 2 aromatic heterocycles. The van der Waals surface area contributed by atoms with Crippen LogP contribution in [0, 0.1) is 13.8 Å². The third-order valence-electron chi connectivity index (χ3n) is 7.88. The molecule has 4 nitrogen and oxygen atoms in total. The molecular formula is C36H32N3O+. The van der Waals surface area contributed by atoms with Crippen LogP contribution in [0.2, 0.25) is 0 Å². The Kier molecular flexibility index (Phi) is 6.26. The molecule has 4 heteroatoms. The summed E-state index contributed by atoms with van der Waals surface area (Å²) in [5, 5.41) is 2.37. The zero-order valence-corrected chi connectivity index (χ0v) is 22.9. The first-order valence-electron chi connectivity index (χ1n) is 14.0. The van der Waals surface area contributed by atoms with E-state index in [9.17, 15) is 0 Å². The maximum absolute atomic E-state index is 5.76. The summed E-state index contributed by atoms with van der Waals surface area (Å²) in [7, 11) is 0. The number of aryl methyl sites for hydroxylation is 2. The summed E-state index contributed by atoms with van der Waals surface area (Å²) in [4.78, 5) is 11.6. The lowest BCUT2D eigenvalue weighted by molar-refractivity contribution is -0.330. The lowest BCUT2D eigenvalue weighted by Crippen LogP contribution is -2.40. The van der Waals surface area contributed by atoms with Gasteiger partial charge in [-0.05, 0) is 60.9 Å². The first-order chi connectivity index (χ1) is 19.7. The Balaban J connectivity index is 1.62. The van der Waals surface area contributed by atoms with Gasteiger partial charge in [-0.3, -0.25) is 4.90 Å². The van der Waals surface area contributed by atoms with Crippen molar-refractivity contribution in [3.63, 3.8) is 0 Å². The summed E-state index contributed by atoms with van der Waals surface area (Å²) in [5.41, 5.74) is 11.5. The number of morpholine rings is 1. The molecule has 6 aromatic rings. The molecule has 196 valence electrons. The Bertz CT molecular complexity index is 1840. The van der Waals surface area contributed by atoms with Crippen LogP contribution in [0.1, 0.15) is 11.1 Å². The number of hydrogen-bond donors (Lipinski definition) is 0. The fourth-order valence-corrected chi connectivity index (χ4v) is 5.92. The smallest absolute Gasteiger partial charge is 0.285 e. The van der Waals surface area contributed by atoms with Crippen LogP contribution in [0.3, 0.4) is 0 Å². The van der Waals surface area contributed by atoms with Crippen molar-refractivity contribution in [2.45, 2.75) is 13.8 Å². The lowest BCUT2D eigenvalue weighted by Gasteiger charge is -2.25. The number of anilines is 1. The third kappa shape index (κ3) is 4.41. The minimum absolute atomic E-state index is 0.708. The molecule has 0 aliphatic carbocycles. The maximum atomic E-state index is 5.76. The standard InChI is InChI=1S/C36H31N3O/c1-24-13-15-31-29(21-24)28(26-9-5-3-6-10-26)23-33(37-31)35-34(27-11-7-4-8-12-27)30-22-25(2)14-16-32(30)38-36(35)39-17-19-40-20-18-39/h3-16,21-23H,17-20H2,1-2H3/p+1. The van der Waals surface area contributed by atoms with Crippen molar-refractivity contribution in [2.75, 3.05) is 31.2 Å². The Labute approximate surface area is 234 Å². The van der Waals surface area contributed by atoms with Crippen molar-refractivity contribution in [1.82, 2.24) is 4.98 Å². The first kappa shape index (κ1) is 24.5. The zero-order valence-electron chi connectivity index (χ0n) is 22.9. The summed E-state index contributed by atoms with van der Waals surface area (Å²) < 4.78 is 5.76. The van der Waals surface area contributed by atoms with Gasteiger partial charge in [-0.2, -0.15) is 0 Å². The Morgan fingerprint density at radius 2 is 1.32 bits per heavy atom. The molecule has 40 heavy (non-hydrogen) atoms. The molecule has 1 aliphatic heterocycles. The number of nitrogens with zero attached hydrogens (tertiary/aromatic N) is 2. The predicted octanol–water partition coefficient (Wildman–Crippen LogP) is 7.66. The molecule has 4 aromatic carbocycles. The molecule has 0 atom stereocenters. The number of H-pyrrole nitrogens is 1. The number of nitrogens with one attached hydrogen (secondary N) is 1. The minimum Gasteiger partial charge on any atom is -0.373 e. The van der Waals surface area contributed by atoms with Crippen LogP contribution in [0.25, 0.3) is 55.3 Å². The Morgan fingerprint density at radius 3 is 2.05 bits per heavy atom. The summed E-state index contributed by atoms with van der Waals surface area (Å²) in [6.07, 6.45) is 0. The van der Waals surface area contributed by atoms with Crippen LogP contribution < -0.4 is 9.88 Å². The molecule has 0 saturated carbocycles. The number of hydrogen-bond acceptors (Lipinski definition) is 3. The number of aromatic nitrogens is 2. The van der Waals surface area contributed by atoms with E-state index < -0.39 is 0 Å². The van der Waals surface area contributed by atoms with Crippen molar-refractivity contribution < 1.29 is 9.72 Å². The summed E-state index contributed by atoms with van der Waals surface area (Å²) in [5.74, 6) is 1.09. The summed E-state index contributed by atoms with van der Waals surface area (Å²) in [6, 6.07) is 37.0. The number of fused-ring (bicyclic) bond motifs is 2. The average Bonchev–Trinajstić information content (AvgIpc) is 3.01. The van der Waals surface area contributed by atoms with Crippen LogP contribution in [0.4, 0.5) is 5.82 Å². The molecule has 3 heterocycles. The van der Waals surface area contributed by atoms with Gasteiger partial charge in [-0.25, -0.2) is 9.97 Å². The molecule has 1 aliphatic rings. The molecule has 7 rings (SSSR count). The molecule has 0 unspecified atom stereocenters. The second kappa shape index (κ2) is 10.2. The van der Waals surface area contributed by atoms with E-state index in [1.54, 1.807) is 0 Å². The normalized spacial score (nSPS) is 13.7. The van der Waals surface area contributed by atoms with E-state index in [4.69, 9.17) is 9.72 Å². The predicted molar refractivity (Wildman–Crippen MR) is 165 cm³/mol. The fraction of sp³-hybridized carbons (Fsp3) is 0.167. The van der Waals surface area contributed by atoms with Gasteiger partial charge < -0.3 is 4.74 Å². The number of aromatic amines is 1. The van der Waals surface area contributed by atoms with Crippen LogP contribution in [0.15, 0.2) is 103 Å². The van der Waals surface area contributed by atoms with Gasteiger partial charge in [0.1, 0.15) is 18.6 Å². The highest BCUT2D eigenvalue weighted by Gasteiger charge is 2.30. The lowest BCUT2D eigenvalue weighted by atomic mass is 9.90. The fourth-order valence-electron chi connectivity index (χ4n) is 5.92. The van der Waals surface area contributed by atoms with Crippen molar-refractivity contribution in [2.24, 2.45) is 0 Å². The van der Waals surface area contributed by atoms with Gasteiger partial charge in [0.15, 0.2) is 0 Å². The van der Waals surface area contributed by atoms with E-state index in [2.05, 4.69) is 127 Å². The van der Waals surface area contributed by atoms with E-state index in [-0.39, 0.29) is 0 Å². The van der Waals surface area contributed by atoms with Gasteiger partial charge in [-0.1, -0.05) is 83.9 Å². The highest BCUT2D eigenvalue weighted by atomic mass is 16.5. The van der Waals surface area contributed by atoms with Gasteiger partial charge in [0, 0.05) is 16.3 Å². The van der Waals surface area contributed by atoms with E-state index in [1.807, 2.05) is 0 Å². The van der Waals surface area contributed by atoms with Gasteiger partial charge in [-0.15, -0.1) is 0 Å². The van der Waals surface area contributed by atoms with Crippen LogP contribution in [0.5, 0.6) is 0 Å². The maximum Gasteiger partial charge on any atom is 0.285 e. The molecule has 1 N–H and O–H groups in total. The van der Waals surface area contributed by atoms with Crippen molar-refractivity contribution in [3.8, 4) is 33.5 Å². The largest absolute Gasteiger partial charge is 0.373 e. The molecule has 0 spiro atoms. The third-order valence-corrected chi connectivity index (χ3v) is 7.88. The van der Waals surface area contributed by atoms with Crippen molar-refractivity contribution in [1.29, 1.82) is 0 Å². The molecule has 1 fully saturated rings. The Morgan fingerprint density at radius 1 is 0.675 bits per heavy atom. The number of pyridine rings is 2. The van der Waals surface area contributed by atoms with Crippen molar-refractivity contribution >= 4 is 27.6 Å². The van der Waals surface area contributed by atoms with E-state index >= 15 is 0 Å². The molecular weight excluding hydrogens is 490 g/mol.